The first kappa shape index (κ1) is 38.7. The first-order valence-electron chi connectivity index (χ1n) is 20.3. The standard InChI is InChI=1S/C47H61N5/c1-5-9-13-18-38-24-30-42(31-25-38)51(44-34-28-40(36-48-44)20-15-11-7-3)46-22-17-23-47(50-46)52(43-32-26-39(27-33-43)19-14-10-6-2)45-35-29-41(37-49-45)21-16-12-8-4/h17,22-37H,5-16,18-21H2,1-4H3. The Morgan fingerprint density at radius 1 is 0.365 bits per heavy atom. The van der Waals surface area contributed by atoms with E-state index in [0.29, 0.717) is 0 Å². The Balaban J connectivity index is 1.53. The van der Waals surface area contributed by atoms with Crippen molar-refractivity contribution in [1.82, 2.24) is 15.0 Å². The molecular formula is C47H61N5. The van der Waals surface area contributed by atoms with Gasteiger partial charge in [-0.05, 0) is 122 Å². The van der Waals surface area contributed by atoms with Gasteiger partial charge in [0.05, 0.1) is 0 Å². The zero-order valence-electron chi connectivity index (χ0n) is 32.4. The van der Waals surface area contributed by atoms with E-state index in [1.165, 1.54) is 99.3 Å². The van der Waals surface area contributed by atoms with Crippen LogP contribution in [0.4, 0.5) is 34.6 Å². The average molecular weight is 696 g/mol. The SMILES string of the molecule is CCCCCc1ccc(N(c2ccc(CCCCC)cn2)c2cccc(N(c3ccc(CCCCC)cc3)c3ccc(CCCCC)cn3)n2)cc1. The minimum Gasteiger partial charge on any atom is -0.279 e. The fourth-order valence-electron chi connectivity index (χ4n) is 6.76. The van der Waals surface area contributed by atoms with Gasteiger partial charge in [0.25, 0.3) is 0 Å². The molecule has 52 heavy (non-hydrogen) atoms. The van der Waals surface area contributed by atoms with Crippen molar-refractivity contribution in [3.05, 3.63) is 126 Å². The summed E-state index contributed by atoms with van der Waals surface area (Å²) >= 11 is 0. The van der Waals surface area contributed by atoms with Crippen LogP contribution in [0.5, 0.6) is 0 Å². The van der Waals surface area contributed by atoms with Crippen molar-refractivity contribution in [2.45, 2.75) is 130 Å². The molecule has 0 radical (unpaired) electrons. The molecule has 0 aliphatic heterocycles. The van der Waals surface area contributed by atoms with Crippen LogP contribution in [0.1, 0.15) is 127 Å². The van der Waals surface area contributed by atoms with E-state index in [1.807, 2.05) is 12.4 Å². The van der Waals surface area contributed by atoms with Gasteiger partial charge >= 0.3 is 0 Å². The van der Waals surface area contributed by atoms with Crippen LogP contribution in [0.3, 0.4) is 0 Å². The Morgan fingerprint density at radius 3 is 1.04 bits per heavy atom. The van der Waals surface area contributed by atoms with Crippen LogP contribution in [0.15, 0.2) is 103 Å². The Morgan fingerprint density at radius 2 is 0.712 bits per heavy atom. The maximum atomic E-state index is 5.38. The second-order valence-corrected chi connectivity index (χ2v) is 14.2. The molecule has 0 saturated carbocycles. The zero-order chi connectivity index (χ0) is 36.4. The highest BCUT2D eigenvalue weighted by atomic mass is 15.3. The highest BCUT2D eigenvalue weighted by Gasteiger charge is 2.20. The lowest BCUT2D eigenvalue weighted by Crippen LogP contribution is -2.17. The molecule has 5 rings (SSSR count). The number of aromatic nitrogens is 3. The lowest BCUT2D eigenvalue weighted by Gasteiger charge is -2.27. The average Bonchev–Trinajstić information content (AvgIpc) is 3.18. The summed E-state index contributed by atoms with van der Waals surface area (Å²) in [6.07, 6.45) is 23.1. The van der Waals surface area contributed by atoms with E-state index in [1.54, 1.807) is 0 Å². The number of benzene rings is 2. The van der Waals surface area contributed by atoms with E-state index in [9.17, 15) is 0 Å². The number of hydrogen-bond acceptors (Lipinski definition) is 5. The van der Waals surface area contributed by atoms with Crippen molar-refractivity contribution in [2.24, 2.45) is 0 Å². The maximum Gasteiger partial charge on any atom is 0.141 e. The summed E-state index contributed by atoms with van der Waals surface area (Å²) in [4.78, 5) is 19.8. The number of nitrogens with zero attached hydrogens (tertiary/aromatic N) is 5. The summed E-state index contributed by atoms with van der Waals surface area (Å²) in [6.45, 7) is 9.02. The molecule has 0 aliphatic rings. The molecule has 5 heteroatoms. The summed E-state index contributed by atoms with van der Waals surface area (Å²) in [5.74, 6) is 3.36. The molecule has 0 saturated heterocycles. The van der Waals surface area contributed by atoms with Crippen LogP contribution in [-0.4, -0.2) is 15.0 Å². The molecule has 0 atom stereocenters. The molecule has 2 aromatic carbocycles. The van der Waals surface area contributed by atoms with Crippen molar-refractivity contribution >= 4 is 34.6 Å². The number of unbranched alkanes of at least 4 members (excludes halogenated alkanes) is 8. The Labute approximate surface area is 314 Å². The molecule has 0 aliphatic carbocycles. The summed E-state index contributed by atoms with van der Waals surface area (Å²) in [5.41, 5.74) is 7.39. The molecule has 0 fully saturated rings. The predicted molar refractivity (Wildman–Crippen MR) is 222 cm³/mol. The number of hydrogen-bond donors (Lipinski definition) is 0. The third kappa shape index (κ3) is 11.2. The third-order valence-electron chi connectivity index (χ3n) is 9.92. The fourth-order valence-corrected chi connectivity index (χ4v) is 6.76. The summed E-state index contributed by atoms with van der Waals surface area (Å²) < 4.78 is 0. The van der Waals surface area contributed by atoms with Gasteiger partial charge in [-0.2, -0.15) is 0 Å². The van der Waals surface area contributed by atoms with Gasteiger partial charge in [-0.15, -0.1) is 0 Å². The highest BCUT2D eigenvalue weighted by Crippen LogP contribution is 2.37. The van der Waals surface area contributed by atoms with Gasteiger partial charge in [0.2, 0.25) is 0 Å². The fraction of sp³-hybridized carbons (Fsp3) is 0.426. The van der Waals surface area contributed by atoms with Crippen molar-refractivity contribution in [3.63, 3.8) is 0 Å². The van der Waals surface area contributed by atoms with E-state index in [2.05, 4.69) is 128 Å². The molecule has 3 heterocycles. The molecule has 0 amide bonds. The monoisotopic (exact) mass is 695 g/mol. The van der Waals surface area contributed by atoms with Crippen LogP contribution in [-0.2, 0) is 25.7 Å². The number of rotatable bonds is 22. The number of anilines is 6. The lowest BCUT2D eigenvalue weighted by atomic mass is 10.1. The summed E-state index contributed by atoms with van der Waals surface area (Å²) in [7, 11) is 0. The summed E-state index contributed by atoms with van der Waals surface area (Å²) in [6, 6.07) is 33.0. The molecular weight excluding hydrogens is 635 g/mol. The Kier molecular flexibility index (Phi) is 15.7. The Hall–Kier alpha value is -4.51. The van der Waals surface area contributed by atoms with Crippen molar-refractivity contribution in [3.8, 4) is 0 Å². The van der Waals surface area contributed by atoms with Gasteiger partial charge < -0.3 is 0 Å². The smallest absolute Gasteiger partial charge is 0.141 e. The summed E-state index contributed by atoms with van der Waals surface area (Å²) in [5, 5.41) is 0. The lowest BCUT2D eigenvalue weighted by molar-refractivity contribution is 0.716. The van der Waals surface area contributed by atoms with E-state index in [-0.39, 0.29) is 0 Å². The van der Waals surface area contributed by atoms with Crippen LogP contribution in [0, 0.1) is 0 Å². The highest BCUT2D eigenvalue weighted by molar-refractivity contribution is 5.77. The Bertz CT molecular complexity index is 1480. The van der Waals surface area contributed by atoms with Crippen LogP contribution >= 0.6 is 0 Å². The molecule has 5 aromatic rings. The van der Waals surface area contributed by atoms with Crippen molar-refractivity contribution in [2.75, 3.05) is 9.80 Å². The quantitative estimate of drug-likeness (QED) is 0.0674. The van der Waals surface area contributed by atoms with Gasteiger partial charge in [-0.25, -0.2) is 15.0 Å². The van der Waals surface area contributed by atoms with Gasteiger partial charge in [0.1, 0.15) is 23.3 Å². The van der Waals surface area contributed by atoms with Crippen LogP contribution in [0.2, 0.25) is 0 Å². The first-order chi connectivity index (χ1) is 25.6. The minimum atomic E-state index is 0.819. The topological polar surface area (TPSA) is 45.2 Å². The van der Waals surface area contributed by atoms with Crippen LogP contribution < -0.4 is 9.80 Å². The molecule has 274 valence electrons. The number of aryl methyl sites for hydroxylation is 4. The normalized spacial score (nSPS) is 11.2. The van der Waals surface area contributed by atoms with E-state index in [0.717, 1.165) is 60.3 Å². The van der Waals surface area contributed by atoms with E-state index in [4.69, 9.17) is 15.0 Å². The third-order valence-corrected chi connectivity index (χ3v) is 9.92. The molecule has 0 spiro atoms. The largest absolute Gasteiger partial charge is 0.279 e. The van der Waals surface area contributed by atoms with Crippen LogP contribution in [0.25, 0.3) is 0 Å². The van der Waals surface area contributed by atoms with Crippen molar-refractivity contribution < 1.29 is 0 Å². The molecule has 3 aromatic heterocycles. The predicted octanol–water partition coefficient (Wildman–Crippen LogP) is 13.7. The van der Waals surface area contributed by atoms with E-state index >= 15 is 0 Å². The van der Waals surface area contributed by atoms with Gasteiger partial charge in [0, 0.05) is 23.8 Å². The molecule has 5 nitrogen and oxygen atoms in total. The molecule has 0 bridgehead atoms. The molecule has 0 N–H and O–H groups in total. The second-order valence-electron chi connectivity index (χ2n) is 14.2. The molecule has 0 unspecified atom stereocenters. The van der Waals surface area contributed by atoms with E-state index < -0.39 is 0 Å². The van der Waals surface area contributed by atoms with Gasteiger partial charge in [0.15, 0.2) is 0 Å². The maximum absolute atomic E-state index is 5.38. The van der Waals surface area contributed by atoms with Gasteiger partial charge in [-0.1, -0.05) is 122 Å². The van der Waals surface area contributed by atoms with Gasteiger partial charge in [-0.3, -0.25) is 9.80 Å². The van der Waals surface area contributed by atoms with Crippen molar-refractivity contribution in [1.29, 1.82) is 0 Å². The first-order valence-corrected chi connectivity index (χ1v) is 20.3. The zero-order valence-corrected chi connectivity index (χ0v) is 32.4. The minimum absolute atomic E-state index is 0.819. The second kappa shape index (κ2) is 21.1. The number of pyridine rings is 3.